The van der Waals surface area contributed by atoms with Crippen LogP contribution < -0.4 is 11.1 Å². The molecule has 1 fully saturated rings. The van der Waals surface area contributed by atoms with Crippen molar-refractivity contribution in [3.8, 4) is 11.6 Å². The molecule has 0 bridgehead atoms. The third-order valence-electron chi connectivity index (χ3n) is 4.83. The smallest absolute Gasteiger partial charge is 0.230 e. The van der Waals surface area contributed by atoms with Gasteiger partial charge in [0.05, 0.1) is 12.0 Å². The molecular formula is C18H25N5O3S. The van der Waals surface area contributed by atoms with Crippen molar-refractivity contribution in [3.05, 3.63) is 18.4 Å². The van der Waals surface area contributed by atoms with Gasteiger partial charge in [-0.3, -0.25) is 14.2 Å². The summed E-state index contributed by atoms with van der Waals surface area (Å²) in [4.78, 5) is 23.6. The number of aromatic nitrogens is 3. The standard InChI is InChI=1S/C18H25N5O3S/c1-12-5-2-3-6-13(12)20-16(25)11-27-18-22-21-17(14-7-4-10-26-14)23(18)9-8-15(19)24/h4,7,10,12-13H,2-3,5-6,8-9,11H2,1H3,(H2,19,24)(H,20,25)/t12-,13+/m1/s1. The van der Waals surface area contributed by atoms with Crippen molar-refractivity contribution in [1.82, 2.24) is 20.1 Å². The van der Waals surface area contributed by atoms with Gasteiger partial charge in [-0.05, 0) is 30.9 Å². The molecule has 0 spiro atoms. The fourth-order valence-electron chi connectivity index (χ4n) is 3.32. The zero-order valence-electron chi connectivity index (χ0n) is 15.4. The van der Waals surface area contributed by atoms with Crippen molar-refractivity contribution in [3.63, 3.8) is 0 Å². The number of carbonyl (C=O) groups is 2. The van der Waals surface area contributed by atoms with E-state index in [2.05, 4.69) is 22.4 Å². The summed E-state index contributed by atoms with van der Waals surface area (Å²) in [6.07, 6.45) is 6.30. The van der Waals surface area contributed by atoms with Crippen molar-refractivity contribution in [2.24, 2.45) is 11.7 Å². The molecule has 1 aliphatic rings. The molecule has 0 unspecified atom stereocenters. The Bertz CT molecular complexity index is 774. The molecule has 1 aliphatic carbocycles. The Morgan fingerprint density at radius 1 is 1.37 bits per heavy atom. The number of thioether (sulfide) groups is 1. The van der Waals surface area contributed by atoms with E-state index >= 15 is 0 Å². The summed E-state index contributed by atoms with van der Waals surface area (Å²) in [6, 6.07) is 3.78. The number of carbonyl (C=O) groups excluding carboxylic acids is 2. The first-order chi connectivity index (χ1) is 13.0. The van der Waals surface area contributed by atoms with Gasteiger partial charge in [-0.2, -0.15) is 0 Å². The highest BCUT2D eigenvalue weighted by molar-refractivity contribution is 7.99. The summed E-state index contributed by atoms with van der Waals surface area (Å²) in [5.41, 5.74) is 5.28. The zero-order chi connectivity index (χ0) is 19.2. The van der Waals surface area contributed by atoms with Crippen LogP contribution in [0, 0.1) is 5.92 Å². The molecule has 146 valence electrons. The maximum atomic E-state index is 12.4. The lowest BCUT2D eigenvalue weighted by Crippen LogP contribution is -2.41. The fourth-order valence-corrected chi connectivity index (χ4v) is 4.09. The van der Waals surface area contributed by atoms with Gasteiger partial charge < -0.3 is 15.5 Å². The average Bonchev–Trinajstić information content (AvgIpc) is 3.29. The number of primary amides is 1. The van der Waals surface area contributed by atoms with Gasteiger partial charge in [0, 0.05) is 19.0 Å². The number of nitrogens with zero attached hydrogens (tertiary/aromatic N) is 3. The molecule has 0 aromatic carbocycles. The number of hydrogen-bond acceptors (Lipinski definition) is 6. The van der Waals surface area contributed by atoms with Crippen LogP contribution in [0.15, 0.2) is 28.0 Å². The maximum Gasteiger partial charge on any atom is 0.230 e. The van der Waals surface area contributed by atoms with Crippen LogP contribution in [0.25, 0.3) is 11.6 Å². The topological polar surface area (TPSA) is 116 Å². The number of rotatable bonds is 8. The van der Waals surface area contributed by atoms with E-state index in [1.165, 1.54) is 18.2 Å². The van der Waals surface area contributed by atoms with Crippen molar-refractivity contribution in [1.29, 1.82) is 0 Å². The van der Waals surface area contributed by atoms with Gasteiger partial charge in [0.1, 0.15) is 0 Å². The van der Waals surface area contributed by atoms with Crippen LogP contribution in [-0.2, 0) is 16.1 Å². The molecule has 27 heavy (non-hydrogen) atoms. The van der Waals surface area contributed by atoms with Gasteiger partial charge in [0.25, 0.3) is 0 Å². The van der Waals surface area contributed by atoms with Crippen LogP contribution in [0.3, 0.4) is 0 Å². The van der Waals surface area contributed by atoms with E-state index in [1.807, 2.05) is 0 Å². The van der Waals surface area contributed by atoms with E-state index in [-0.39, 0.29) is 24.1 Å². The molecule has 2 aromatic rings. The van der Waals surface area contributed by atoms with E-state index in [0.29, 0.717) is 29.2 Å². The quantitative estimate of drug-likeness (QED) is 0.667. The molecule has 3 rings (SSSR count). The third kappa shape index (κ3) is 5.12. The molecule has 2 heterocycles. The van der Waals surface area contributed by atoms with Crippen LogP contribution in [0.5, 0.6) is 0 Å². The van der Waals surface area contributed by atoms with Crippen LogP contribution >= 0.6 is 11.8 Å². The number of furan rings is 1. The lowest BCUT2D eigenvalue weighted by molar-refractivity contribution is -0.120. The number of hydrogen-bond donors (Lipinski definition) is 2. The molecule has 8 nitrogen and oxygen atoms in total. The minimum Gasteiger partial charge on any atom is -0.461 e. The van der Waals surface area contributed by atoms with Gasteiger partial charge >= 0.3 is 0 Å². The minimum absolute atomic E-state index is 0.0113. The van der Waals surface area contributed by atoms with Crippen molar-refractivity contribution in [2.45, 2.75) is 56.8 Å². The lowest BCUT2D eigenvalue weighted by Gasteiger charge is -2.29. The Hall–Kier alpha value is -2.29. The molecule has 3 N–H and O–H groups in total. The predicted molar refractivity (Wildman–Crippen MR) is 102 cm³/mol. The second kappa shape index (κ2) is 9.07. The summed E-state index contributed by atoms with van der Waals surface area (Å²) in [5, 5.41) is 12.0. The van der Waals surface area contributed by atoms with Crippen LogP contribution in [-0.4, -0.2) is 38.4 Å². The van der Waals surface area contributed by atoms with E-state index in [0.717, 1.165) is 19.3 Å². The molecule has 2 atom stereocenters. The Morgan fingerprint density at radius 3 is 2.89 bits per heavy atom. The predicted octanol–water partition coefficient (Wildman–Crippen LogP) is 2.20. The van der Waals surface area contributed by atoms with Crippen molar-refractivity contribution in [2.75, 3.05) is 5.75 Å². The highest BCUT2D eigenvalue weighted by atomic mass is 32.2. The number of amides is 2. The van der Waals surface area contributed by atoms with Gasteiger partial charge in [0.15, 0.2) is 16.7 Å². The van der Waals surface area contributed by atoms with Crippen LogP contribution in [0.4, 0.5) is 0 Å². The largest absolute Gasteiger partial charge is 0.461 e. The summed E-state index contributed by atoms with van der Waals surface area (Å²) >= 11 is 1.30. The molecule has 1 saturated carbocycles. The number of nitrogens with one attached hydrogen (secondary N) is 1. The molecule has 0 saturated heterocycles. The van der Waals surface area contributed by atoms with Crippen LogP contribution in [0.2, 0.25) is 0 Å². The SMILES string of the molecule is C[C@@H]1CCCC[C@@H]1NC(=O)CSc1nnc(-c2ccco2)n1CCC(N)=O. The third-order valence-corrected chi connectivity index (χ3v) is 5.80. The Morgan fingerprint density at radius 2 is 2.19 bits per heavy atom. The molecule has 0 radical (unpaired) electrons. The van der Waals surface area contributed by atoms with E-state index in [1.54, 1.807) is 23.0 Å². The van der Waals surface area contributed by atoms with E-state index < -0.39 is 5.91 Å². The van der Waals surface area contributed by atoms with Crippen molar-refractivity contribution >= 4 is 23.6 Å². The van der Waals surface area contributed by atoms with Crippen LogP contribution in [0.1, 0.15) is 39.0 Å². The summed E-state index contributed by atoms with van der Waals surface area (Å²) < 4.78 is 7.16. The first-order valence-electron chi connectivity index (χ1n) is 9.22. The van der Waals surface area contributed by atoms with Gasteiger partial charge in [-0.1, -0.05) is 31.5 Å². The Kier molecular flexibility index (Phi) is 6.54. The first-order valence-corrected chi connectivity index (χ1v) is 10.2. The normalized spacial score (nSPS) is 19.7. The Labute approximate surface area is 162 Å². The lowest BCUT2D eigenvalue weighted by atomic mass is 9.86. The summed E-state index contributed by atoms with van der Waals surface area (Å²) in [6.45, 7) is 2.52. The minimum atomic E-state index is -0.408. The molecular weight excluding hydrogens is 366 g/mol. The van der Waals surface area contributed by atoms with Crippen molar-refractivity contribution < 1.29 is 14.0 Å². The fraction of sp³-hybridized carbons (Fsp3) is 0.556. The van der Waals surface area contributed by atoms with Gasteiger partial charge in [-0.25, -0.2) is 0 Å². The summed E-state index contributed by atoms with van der Waals surface area (Å²) in [5.74, 6) is 1.41. The summed E-state index contributed by atoms with van der Waals surface area (Å²) in [7, 11) is 0. The molecule has 2 aromatic heterocycles. The monoisotopic (exact) mass is 391 g/mol. The second-order valence-corrected chi connectivity index (χ2v) is 7.82. The molecule has 0 aliphatic heterocycles. The maximum absolute atomic E-state index is 12.4. The highest BCUT2D eigenvalue weighted by Gasteiger charge is 2.23. The average molecular weight is 391 g/mol. The Balaban J connectivity index is 1.65. The van der Waals surface area contributed by atoms with Gasteiger partial charge in [0.2, 0.25) is 11.8 Å². The highest BCUT2D eigenvalue weighted by Crippen LogP contribution is 2.26. The molecule has 2 amide bonds. The second-order valence-electron chi connectivity index (χ2n) is 6.88. The van der Waals surface area contributed by atoms with E-state index in [9.17, 15) is 9.59 Å². The van der Waals surface area contributed by atoms with Gasteiger partial charge in [-0.15, -0.1) is 10.2 Å². The van der Waals surface area contributed by atoms with E-state index in [4.69, 9.17) is 10.2 Å². The number of nitrogens with two attached hydrogens (primary N) is 1. The zero-order valence-corrected chi connectivity index (χ0v) is 16.2. The molecule has 9 heteroatoms. The first kappa shape index (κ1) is 19.5.